The molecule has 1 saturated carbocycles. The number of rotatable bonds is 4. The van der Waals surface area contributed by atoms with Crippen molar-refractivity contribution < 1.29 is 0 Å². The van der Waals surface area contributed by atoms with Crippen LogP contribution >= 0.6 is 0 Å². The lowest BCUT2D eigenvalue weighted by molar-refractivity contribution is 0.525. The van der Waals surface area contributed by atoms with Gasteiger partial charge in [-0.15, -0.1) is 0 Å². The molecule has 2 heteroatoms. The first kappa shape index (κ1) is 15.5. The largest absolute Gasteiger partial charge is 0.310 e. The molecule has 1 N–H and O–H groups in total. The Balaban J connectivity index is 2.01. The quantitative estimate of drug-likeness (QED) is 0.858. The number of hydrogen-bond donors (Lipinski definition) is 1. The van der Waals surface area contributed by atoms with Crippen LogP contribution < -0.4 is 5.32 Å². The molecule has 0 amide bonds. The van der Waals surface area contributed by atoms with Crippen molar-refractivity contribution in [2.75, 3.05) is 0 Å². The Hall–Kier alpha value is -1.41. The Morgan fingerprint density at radius 3 is 2.55 bits per heavy atom. The Morgan fingerprint density at radius 1 is 1.14 bits per heavy atom. The van der Waals surface area contributed by atoms with E-state index in [0.717, 1.165) is 12.1 Å². The van der Waals surface area contributed by atoms with Crippen LogP contribution in [0.25, 0.3) is 10.9 Å². The number of nitrogens with one attached hydrogen (secondary N) is 1. The molecule has 1 aliphatic carbocycles. The van der Waals surface area contributed by atoms with E-state index in [1.807, 2.05) is 0 Å². The zero-order valence-corrected chi connectivity index (χ0v) is 14.4. The zero-order valence-electron chi connectivity index (χ0n) is 14.4. The van der Waals surface area contributed by atoms with E-state index >= 15 is 0 Å². The summed E-state index contributed by atoms with van der Waals surface area (Å²) in [5.41, 5.74) is 6.43. The molecule has 1 aliphatic rings. The van der Waals surface area contributed by atoms with Gasteiger partial charge in [-0.3, -0.25) is 4.98 Å². The summed E-state index contributed by atoms with van der Waals surface area (Å²) in [6.45, 7) is 9.79. The Morgan fingerprint density at radius 2 is 1.86 bits per heavy atom. The molecule has 1 heterocycles. The minimum absolute atomic E-state index is 0.468. The molecule has 0 unspecified atom stereocenters. The van der Waals surface area contributed by atoms with Crippen molar-refractivity contribution >= 4 is 10.9 Å². The second-order valence-corrected chi connectivity index (χ2v) is 7.20. The topological polar surface area (TPSA) is 24.9 Å². The molecule has 3 rings (SSSR count). The van der Waals surface area contributed by atoms with Crippen LogP contribution in [-0.4, -0.2) is 11.0 Å². The zero-order chi connectivity index (χ0) is 15.7. The summed E-state index contributed by atoms with van der Waals surface area (Å²) in [5.74, 6) is 0.468. The summed E-state index contributed by atoms with van der Waals surface area (Å²) in [5, 5.41) is 5.12. The van der Waals surface area contributed by atoms with Crippen LogP contribution in [0.5, 0.6) is 0 Å². The molecule has 1 aromatic heterocycles. The van der Waals surface area contributed by atoms with E-state index in [4.69, 9.17) is 4.98 Å². The van der Waals surface area contributed by atoms with Crippen molar-refractivity contribution in [3.05, 3.63) is 40.6 Å². The van der Waals surface area contributed by atoms with E-state index in [1.54, 1.807) is 0 Å². The van der Waals surface area contributed by atoms with Gasteiger partial charge in [0.1, 0.15) is 0 Å². The average Bonchev–Trinajstić information content (AvgIpc) is 2.96. The van der Waals surface area contributed by atoms with Crippen molar-refractivity contribution in [1.29, 1.82) is 0 Å². The number of benzene rings is 1. The lowest BCUT2D eigenvalue weighted by Gasteiger charge is -2.17. The third-order valence-electron chi connectivity index (χ3n) is 4.88. The van der Waals surface area contributed by atoms with Crippen molar-refractivity contribution in [3.8, 4) is 0 Å². The van der Waals surface area contributed by atoms with Gasteiger partial charge in [-0.25, -0.2) is 0 Å². The summed E-state index contributed by atoms with van der Waals surface area (Å²) >= 11 is 0. The predicted molar refractivity (Wildman–Crippen MR) is 94.4 cm³/mol. The van der Waals surface area contributed by atoms with Gasteiger partial charge in [0.15, 0.2) is 0 Å². The molecule has 0 aliphatic heterocycles. The van der Waals surface area contributed by atoms with Gasteiger partial charge >= 0.3 is 0 Å². The van der Waals surface area contributed by atoms with Crippen LogP contribution in [0.2, 0.25) is 0 Å². The number of fused-ring (bicyclic) bond motifs is 1. The highest BCUT2D eigenvalue weighted by molar-refractivity contribution is 5.86. The molecule has 0 atom stereocenters. The van der Waals surface area contributed by atoms with E-state index in [9.17, 15) is 0 Å². The standard InChI is InChI=1S/C20H28N2/c1-13(2)18-11-16(12-21-17-7-5-6-8-17)20-15(4)9-14(3)10-19(20)22-18/h9-11,13,17,21H,5-8,12H2,1-4H3. The normalized spacial score (nSPS) is 16.0. The smallest absolute Gasteiger partial charge is 0.0713 e. The SMILES string of the molecule is Cc1cc(C)c2c(CNC3CCCC3)cc(C(C)C)nc2c1. The second kappa shape index (κ2) is 6.37. The van der Waals surface area contributed by atoms with E-state index in [0.29, 0.717) is 12.0 Å². The molecule has 0 radical (unpaired) electrons. The number of aromatic nitrogens is 1. The number of nitrogens with zero attached hydrogens (tertiary/aromatic N) is 1. The highest BCUT2D eigenvalue weighted by atomic mass is 14.9. The monoisotopic (exact) mass is 296 g/mol. The lowest BCUT2D eigenvalue weighted by atomic mass is 9.98. The van der Waals surface area contributed by atoms with Gasteiger partial charge in [0.05, 0.1) is 5.52 Å². The van der Waals surface area contributed by atoms with Crippen molar-refractivity contribution in [2.24, 2.45) is 0 Å². The van der Waals surface area contributed by atoms with Crippen molar-refractivity contribution in [2.45, 2.75) is 71.9 Å². The Bertz CT molecular complexity index is 667. The number of hydrogen-bond acceptors (Lipinski definition) is 2. The molecule has 1 aromatic carbocycles. The molecule has 22 heavy (non-hydrogen) atoms. The average molecular weight is 296 g/mol. The van der Waals surface area contributed by atoms with Gasteiger partial charge in [0.2, 0.25) is 0 Å². The van der Waals surface area contributed by atoms with Gasteiger partial charge < -0.3 is 5.32 Å². The fourth-order valence-corrected chi connectivity index (χ4v) is 3.69. The Labute approximate surface area is 134 Å². The molecular weight excluding hydrogens is 268 g/mol. The fraction of sp³-hybridized carbons (Fsp3) is 0.550. The van der Waals surface area contributed by atoms with Crippen LogP contribution in [0.4, 0.5) is 0 Å². The van der Waals surface area contributed by atoms with Crippen LogP contribution in [0.3, 0.4) is 0 Å². The maximum Gasteiger partial charge on any atom is 0.0713 e. The molecule has 0 saturated heterocycles. The minimum atomic E-state index is 0.468. The van der Waals surface area contributed by atoms with E-state index in [-0.39, 0.29) is 0 Å². The molecule has 0 spiro atoms. The molecule has 1 fully saturated rings. The second-order valence-electron chi connectivity index (χ2n) is 7.20. The molecule has 2 nitrogen and oxygen atoms in total. The van der Waals surface area contributed by atoms with Gasteiger partial charge in [-0.1, -0.05) is 32.8 Å². The predicted octanol–water partition coefficient (Wildman–Crippen LogP) is 5.01. The fourth-order valence-electron chi connectivity index (χ4n) is 3.69. The summed E-state index contributed by atoms with van der Waals surface area (Å²) in [6, 6.07) is 7.53. The number of aryl methyl sites for hydroxylation is 2. The first-order valence-corrected chi connectivity index (χ1v) is 8.68. The van der Waals surface area contributed by atoms with Gasteiger partial charge in [-0.05, 0) is 61.4 Å². The highest BCUT2D eigenvalue weighted by Gasteiger charge is 2.16. The van der Waals surface area contributed by atoms with Crippen molar-refractivity contribution in [1.82, 2.24) is 10.3 Å². The summed E-state index contributed by atoms with van der Waals surface area (Å²) in [4.78, 5) is 4.91. The Kier molecular flexibility index (Phi) is 4.49. The van der Waals surface area contributed by atoms with E-state index in [1.165, 1.54) is 53.5 Å². The van der Waals surface area contributed by atoms with Gasteiger partial charge in [-0.2, -0.15) is 0 Å². The third-order valence-corrected chi connectivity index (χ3v) is 4.88. The highest BCUT2D eigenvalue weighted by Crippen LogP contribution is 2.27. The lowest BCUT2D eigenvalue weighted by Crippen LogP contribution is -2.25. The minimum Gasteiger partial charge on any atom is -0.310 e. The van der Waals surface area contributed by atoms with E-state index in [2.05, 4.69) is 51.2 Å². The number of pyridine rings is 1. The summed E-state index contributed by atoms with van der Waals surface area (Å²) in [7, 11) is 0. The summed E-state index contributed by atoms with van der Waals surface area (Å²) in [6.07, 6.45) is 5.42. The van der Waals surface area contributed by atoms with Crippen molar-refractivity contribution in [3.63, 3.8) is 0 Å². The first-order chi connectivity index (χ1) is 10.5. The van der Waals surface area contributed by atoms with E-state index < -0.39 is 0 Å². The first-order valence-electron chi connectivity index (χ1n) is 8.68. The third kappa shape index (κ3) is 3.17. The van der Waals surface area contributed by atoms with Crippen LogP contribution in [0.1, 0.15) is 67.8 Å². The maximum atomic E-state index is 4.91. The van der Waals surface area contributed by atoms with Gasteiger partial charge in [0.25, 0.3) is 0 Å². The molecule has 0 bridgehead atoms. The van der Waals surface area contributed by atoms with Crippen LogP contribution in [-0.2, 0) is 6.54 Å². The molecular formula is C20H28N2. The molecule has 2 aromatic rings. The van der Waals surface area contributed by atoms with Crippen LogP contribution in [0, 0.1) is 13.8 Å². The van der Waals surface area contributed by atoms with Gasteiger partial charge in [0, 0.05) is 23.7 Å². The summed E-state index contributed by atoms with van der Waals surface area (Å²) < 4.78 is 0. The maximum absolute atomic E-state index is 4.91. The van der Waals surface area contributed by atoms with Crippen LogP contribution in [0.15, 0.2) is 18.2 Å². The molecule has 118 valence electrons.